The minimum absolute atomic E-state index is 0.0683. The first kappa shape index (κ1) is 20.2. The molecule has 0 bridgehead atoms. The Labute approximate surface area is 172 Å². The van der Waals surface area contributed by atoms with E-state index in [0.717, 1.165) is 50.1 Å². The fraction of sp³-hybridized carbons (Fsp3) is 0.263. The predicted molar refractivity (Wildman–Crippen MR) is 105 cm³/mol. The van der Waals surface area contributed by atoms with Crippen LogP contribution in [0.2, 0.25) is 0 Å². The van der Waals surface area contributed by atoms with Crippen LogP contribution < -0.4 is 9.62 Å². The number of halogens is 2. The highest BCUT2D eigenvalue weighted by atomic mass is 32.2. The Morgan fingerprint density at radius 2 is 1.83 bits per heavy atom. The zero-order valence-electron chi connectivity index (χ0n) is 15.8. The van der Waals surface area contributed by atoms with E-state index in [9.17, 15) is 17.2 Å². The number of piperazine rings is 1. The third kappa shape index (κ3) is 4.57. The third-order valence-corrected chi connectivity index (χ3v) is 6.14. The molecule has 0 spiro atoms. The smallest absolute Gasteiger partial charge is 0.263 e. The molecule has 1 aromatic carbocycles. The summed E-state index contributed by atoms with van der Waals surface area (Å²) in [5.41, 5.74) is 0.811. The molecule has 0 radical (unpaired) electrons. The van der Waals surface area contributed by atoms with E-state index in [2.05, 4.69) is 24.7 Å². The third-order valence-electron chi connectivity index (χ3n) is 4.78. The van der Waals surface area contributed by atoms with Crippen LogP contribution >= 0.6 is 0 Å². The van der Waals surface area contributed by atoms with E-state index in [1.54, 1.807) is 12.3 Å². The van der Waals surface area contributed by atoms with Crippen molar-refractivity contribution in [3.8, 4) is 0 Å². The molecule has 3 aromatic rings. The fourth-order valence-corrected chi connectivity index (χ4v) is 4.17. The summed E-state index contributed by atoms with van der Waals surface area (Å²) in [6, 6.07) is 7.70. The Hall–Kier alpha value is -3.05. The number of pyridine rings is 1. The standard InChI is InChI=1S/C19H19F2N5O3S/c20-17-3-1-14(11-18(17)21)24-30(27,28)16-2-4-19(22-12-16)26-8-6-25(7-9-26)13-15-5-10-29-23-15/h1-5,10-12,24H,6-9,13H2. The Morgan fingerprint density at radius 3 is 2.47 bits per heavy atom. The maximum Gasteiger partial charge on any atom is 0.263 e. The van der Waals surface area contributed by atoms with Crippen LogP contribution in [0.1, 0.15) is 5.69 Å². The van der Waals surface area contributed by atoms with Gasteiger partial charge in [-0.1, -0.05) is 5.16 Å². The van der Waals surface area contributed by atoms with E-state index < -0.39 is 21.7 Å². The zero-order valence-corrected chi connectivity index (χ0v) is 16.6. The monoisotopic (exact) mass is 435 g/mol. The second kappa shape index (κ2) is 8.36. The van der Waals surface area contributed by atoms with Crippen LogP contribution in [0.3, 0.4) is 0 Å². The van der Waals surface area contributed by atoms with Gasteiger partial charge in [-0.2, -0.15) is 0 Å². The summed E-state index contributed by atoms with van der Waals surface area (Å²) < 4.78 is 58.4. The first-order valence-electron chi connectivity index (χ1n) is 9.21. The number of hydrogen-bond donors (Lipinski definition) is 1. The number of sulfonamides is 1. The molecule has 1 aliphatic rings. The molecule has 1 aliphatic heterocycles. The lowest BCUT2D eigenvalue weighted by molar-refractivity contribution is 0.241. The van der Waals surface area contributed by atoms with Gasteiger partial charge in [-0.25, -0.2) is 22.2 Å². The van der Waals surface area contributed by atoms with Gasteiger partial charge in [0.25, 0.3) is 10.0 Å². The summed E-state index contributed by atoms with van der Waals surface area (Å²) in [6.45, 7) is 3.82. The second-order valence-electron chi connectivity index (χ2n) is 6.84. The average Bonchev–Trinajstić information content (AvgIpc) is 3.24. The van der Waals surface area contributed by atoms with Crippen molar-refractivity contribution in [2.24, 2.45) is 0 Å². The van der Waals surface area contributed by atoms with E-state index >= 15 is 0 Å². The van der Waals surface area contributed by atoms with Gasteiger partial charge in [-0.05, 0) is 24.3 Å². The van der Waals surface area contributed by atoms with Crippen LogP contribution in [0.15, 0.2) is 58.3 Å². The highest BCUT2D eigenvalue weighted by Crippen LogP contribution is 2.20. The van der Waals surface area contributed by atoms with E-state index in [4.69, 9.17) is 4.52 Å². The number of hydrogen-bond acceptors (Lipinski definition) is 7. The van der Waals surface area contributed by atoms with Gasteiger partial charge in [0, 0.05) is 51.1 Å². The van der Waals surface area contributed by atoms with Gasteiger partial charge in [0.05, 0.1) is 11.4 Å². The van der Waals surface area contributed by atoms with Crippen LogP contribution in [-0.4, -0.2) is 49.6 Å². The van der Waals surface area contributed by atoms with E-state index in [-0.39, 0.29) is 10.6 Å². The van der Waals surface area contributed by atoms with E-state index in [0.29, 0.717) is 12.4 Å². The molecular formula is C19H19F2N5O3S. The van der Waals surface area contributed by atoms with Crippen LogP contribution in [0, 0.1) is 11.6 Å². The predicted octanol–water partition coefficient (Wildman–Crippen LogP) is 2.47. The lowest BCUT2D eigenvalue weighted by atomic mass is 10.3. The normalized spacial score (nSPS) is 15.3. The van der Waals surface area contributed by atoms with Crippen molar-refractivity contribution in [2.75, 3.05) is 35.8 Å². The number of aromatic nitrogens is 2. The summed E-state index contributed by atoms with van der Waals surface area (Å²) >= 11 is 0. The summed E-state index contributed by atoms with van der Waals surface area (Å²) in [6.07, 6.45) is 2.80. The van der Waals surface area contributed by atoms with Gasteiger partial charge in [-0.3, -0.25) is 9.62 Å². The molecule has 4 rings (SSSR count). The van der Waals surface area contributed by atoms with E-state index in [1.807, 2.05) is 6.07 Å². The first-order valence-corrected chi connectivity index (χ1v) is 10.7. The van der Waals surface area contributed by atoms with Crippen molar-refractivity contribution in [1.29, 1.82) is 0 Å². The van der Waals surface area contributed by atoms with Crippen molar-refractivity contribution in [3.63, 3.8) is 0 Å². The van der Waals surface area contributed by atoms with Crippen LogP contribution in [0.5, 0.6) is 0 Å². The summed E-state index contributed by atoms with van der Waals surface area (Å²) in [5, 5.41) is 3.91. The van der Waals surface area contributed by atoms with Gasteiger partial charge in [0.15, 0.2) is 11.6 Å². The molecule has 0 saturated carbocycles. The SMILES string of the molecule is O=S(=O)(Nc1ccc(F)c(F)c1)c1ccc(N2CCN(Cc3ccon3)CC2)nc1. The summed E-state index contributed by atoms with van der Waals surface area (Å²) in [4.78, 5) is 8.52. The molecule has 3 heterocycles. The Morgan fingerprint density at radius 1 is 1.03 bits per heavy atom. The maximum atomic E-state index is 13.3. The molecule has 2 aromatic heterocycles. The molecule has 8 nitrogen and oxygen atoms in total. The second-order valence-corrected chi connectivity index (χ2v) is 8.52. The number of anilines is 2. The molecule has 30 heavy (non-hydrogen) atoms. The molecular weight excluding hydrogens is 416 g/mol. The Bertz CT molecular complexity index is 1100. The first-order chi connectivity index (χ1) is 14.4. The van der Waals surface area contributed by atoms with Crippen LogP contribution in [0.25, 0.3) is 0 Å². The molecule has 0 aliphatic carbocycles. The highest BCUT2D eigenvalue weighted by Gasteiger charge is 2.20. The van der Waals surface area contributed by atoms with Crippen molar-refractivity contribution in [2.45, 2.75) is 11.4 Å². The molecule has 0 unspecified atom stereocenters. The molecule has 0 amide bonds. The summed E-state index contributed by atoms with van der Waals surface area (Å²) in [7, 11) is -3.97. The highest BCUT2D eigenvalue weighted by molar-refractivity contribution is 7.92. The quantitative estimate of drug-likeness (QED) is 0.636. The van der Waals surface area contributed by atoms with Gasteiger partial charge in [0.2, 0.25) is 0 Å². The van der Waals surface area contributed by atoms with Crippen molar-refractivity contribution >= 4 is 21.5 Å². The number of nitrogens with one attached hydrogen (secondary N) is 1. The summed E-state index contributed by atoms with van der Waals surface area (Å²) in [5.74, 6) is -1.51. The number of benzene rings is 1. The Kier molecular flexibility index (Phi) is 5.64. The molecule has 1 fully saturated rings. The molecule has 1 saturated heterocycles. The van der Waals surface area contributed by atoms with Gasteiger partial charge >= 0.3 is 0 Å². The topological polar surface area (TPSA) is 91.6 Å². The molecule has 11 heteroatoms. The lowest BCUT2D eigenvalue weighted by Crippen LogP contribution is -2.46. The average molecular weight is 435 g/mol. The fourth-order valence-electron chi connectivity index (χ4n) is 3.18. The maximum absolute atomic E-state index is 13.3. The minimum Gasteiger partial charge on any atom is -0.364 e. The van der Waals surface area contributed by atoms with E-state index in [1.165, 1.54) is 12.3 Å². The van der Waals surface area contributed by atoms with Crippen LogP contribution in [-0.2, 0) is 16.6 Å². The largest absolute Gasteiger partial charge is 0.364 e. The number of nitrogens with zero attached hydrogens (tertiary/aromatic N) is 4. The minimum atomic E-state index is -3.97. The van der Waals surface area contributed by atoms with Crippen LogP contribution in [0.4, 0.5) is 20.3 Å². The lowest BCUT2D eigenvalue weighted by Gasteiger charge is -2.35. The zero-order chi connectivity index (χ0) is 21.1. The molecule has 1 N–H and O–H groups in total. The number of rotatable bonds is 6. The molecule has 0 atom stereocenters. The van der Waals surface area contributed by atoms with Crippen molar-refractivity contribution < 1.29 is 21.7 Å². The Balaban J connectivity index is 1.38. The van der Waals surface area contributed by atoms with Gasteiger partial charge in [-0.15, -0.1) is 0 Å². The molecule has 158 valence electrons. The van der Waals surface area contributed by atoms with Crippen molar-refractivity contribution in [3.05, 3.63) is 66.2 Å². The van der Waals surface area contributed by atoms with Gasteiger partial charge < -0.3 is 9.42 Å². The van der Waals surface area contributed by atoms with Crippen molar-refractivity contribution in [1.82, 2.24) is 15.0 Å². The van der Waals surface area contributed by atoms with Gasteiger partial charge in [0.1, 0.15) is 17.0 Å².